The first-order valence-electron chi connectivity index (χ1n) is 7.26. The van der Waals surface area contributed by atoms with Gasteiger partial charge in [-0.05, 0) is 36.1 Å². The highest BCUT2D eigenvalue weighted by Gasteiger charge is 2.16. The molecule has 2 atom stereocenters. The lowest BCUT2D eigenvalue weighted by Gasteiger charge is -2.18. The van der Waals surface area contributed by atoms with E-state index in [0.29, 0.717) is 16.5 Å². The Balaban J connectivity index is 1.96. The molecule has 2 aromatic carbocycles. The van der Waals surface area contributed by atoms with Gasteiger partial charge in [-0.15, -0.1) is 0 Å². The largest absolute Gasteiger partial charge is 0.350 e. The van der Waals surface area contributed by atoms with E-state index in [9.17, 15) is 4.79 Å². The second-order valence-electron chi connectivity index (χ2n) is 5.47. The van der Waals surface area contributed by atoms with Crippen LogP contribution in [0.5, 0.6) is 0 Å². The lowest BCUT2D eigenvalue weighted by atomic mass is 9.97. The predicted octanol–water partition coefficient (Wildman–Crippen LogP) is 5.36. The molecule has 0 aliphatic carbocycles. The topological polar surface area (TPSA) is 29.1 Å². The molecule has 22 heavy (non-hydrogen) atoms. The van der Waals surface area contributed by atoms with Crippen LogP contribution >= 0.6 is 23.2 Å². The minimum Gasteiger partial charge on any atom is -0.350 e. The summed E-state index contributed by atoms with van der Waals surface area (Å²) in [5.41, 5.74) is 2.03. The molecule has 0 aromatic heterocycles. The van der Waals surface area contributed by atoms with Crippen LogP contribution in [-0.4, -0.2) is 5.91 Å². The zero-order chi connectivity index (χ0) is 16.1. The Morgan fingerprint density at radius 3 is 2.41 bits per heavy atom. The van der Waals surface area contributed by atoms with Crippen molar-refractivity contribution in [2.75, 3.05) is 0 Å². The smallest absolute Gasteiger partial charge is 0.221 e. The monoisotopic (exact) mass is 335 g/mol. The van der Waals surface area contributed by atoms with Gasteiger partial charge in [-0.3, -0.25) is 4.79 Å². The molecule has 116 valence electrons. The summed E-state index contributed by atoms with van der Waals surface area (Å²) in [4.78, 5) is 12.2. The van der Waals surface area contributed by atoms with Crippen molar-refractivity contribution >= 4 is 29.1 Å². The molecule has 1 amide bonds. The van der Waals surface area contributed by atoms with Crippen LogP contribution in [0.4, 0.5) is 0 Å². The van der Waals surface area contributed by atoms with Gasteiger partial charge in [0, 0.05) is 16.5 Å². The molecular weight excluding hydrogens is 317 g/mol. The van der Waals surface area contributed by atoms with Crippen molar-refractivity contribution in [1.29, 1.82) is 0 Å². The summed E-state index contributed by atoms with van der Waals surface area (Å²) in [6, 6.07) is 15.2. The number of rotatable bonds is 5. The first kappa shape index (κ1) is 16.9. The van der Waals surface area contributed by atoms with Crippen LogP contribution in [0.15, 0.2) is 48.5 Å². The van der Waals surface area contributed by atoms with Crippen molar-refractivity contribution in [3.63, 3.8) is 0 Å². The van der Waals surface area contributed by atoms with Crippen molar-refractivity contribution in [2.24, 2.45) is 0 Å². The van der Waals surface area contributed by atoms with E-state index in [4.69, 9.17) is 23.2 Å². The fourth-order valence-corrected chi connectivity index (χ4v) is 2.98. The van der Waals surface area contributed by atoms with Crippen molar-refractivity contribution < 1.29 is 4.79 Å². The summed E-state index contributed by atoms with van der Waals surface area (Å²) in [5, 5.41) is 4.14. The van der Waals surface area contributed by atoms with Gasteiger partial charge in [0.25, 0.3) is 0 Å². The van der Waals surface area contributed by atoms with E-state index in [1.54, 1.807) is 12.1 Å². The van der Waals surface area contributed by atoms with Crippen LogP contribution in [0, 0.1) is 0 Å². The molecular formula is C18H19Cl2NO. The maximum Gasteiger partial charge on any atom is 0.221 e. The van der Waals surface area contributed by atoms with Crippen molar-refractivity contribution in [2.45, 2.75) is 32.2 Å². The van der Waals surface area contributed by atoms with Gasteiger partial charge in [0.05, 0.1) is 6.04 Å². The molecule has 0 aliphatic heterocycles. The van der Waals surface area contributed by atoms with Gasteiger partial charge in [-0.1, -0.05) is 66.5 Å². The highest BCUT2D eigenvalue weighted by molar-refractivity contribution is 6.35. The van der Waals surface area contributed by atoms with E-state index in [1.165, 1.54) is 0 Å². The third-order valence-electron chi connectivity index (χ3n) is 3.67. The molecule has 0 heterocycles. The summed E-state index contributed by atoms with van der Waals surface area (Å²) in [6.45, 7) is 3.97. The zero-order valence-corrected chi connectivity index (χ0v) is 14.2. The summed E-state index contributed by atoms with van der Waals surface area (Å²) in [5.74, 6) is 0.184. The highest BCUT2D eigenvalue weighted by atomic mass is 35.5. The molecule has 0 saturated carbocycles. The molecule has 0 spiro atoms. The number of amides is 1. The molecule has 0 radical (unpaired) electrons. The van der Waals surface area contributed by atoms with Crippen LogP contribution in [0.3, 0.4) is 0 Å². The first-order chi connectivity index (χ1) is 10.5. The summed E-state index contributed by atoms with van der Waals surface area (Å²) < 4.78 is 0. The van der Waals surface area contributed by atoms with Crippen LogP contribution < -0.4 is 5.32 Å². The SMILES string of the molecule is C[C@H](CC(=O)N[C@@H](C)c1ccc(Cl)cc1Cl)c1ccccc1. The molecule has 2 aromatic rings. The average molecular weight is 336 g/mol. The molecule has 0 aliphatic rings. The standard InChI is InChI=1S/C18H19Cl2NO/c1-12(14-6-4-3-5-7-14)10-18(22)21-13(2)16-9-8-15(19)11-17(16)20/h3-9,11-13H,10H2,1-2H3,(H,21,22)/t12-,13+/m1/s1. The molecule has 0 unspecified atom stereocenters. The van der Waals surface area contributed by atoms with Crippen molar-refractivity contribution in [1.82, 2.24) is 5.32 Å². The Kier molecular flexibility index (Phi) is 5.87. The molecule has 1 N–H and O–H groups in total. The lowest BCUT2D eigenvalue weighted by Crippen LogP contribution is -2.27. The summed E-state index contributed by atoms with van der Waals surface area (Å²) in [6.07, 6.45) is 0.444. The van der Waals surface area contributed by atoms with E-state index < -0.39 is 0 Å². The Hall–Kier alpha value is -1.51. The van der Waals surface area contributed by atoms with Gasteiger partial charge in [0.1, 0.15) is 0 Å². The molecule has 4 heteroatoms. The second-order valence-corrected chi connectivity index (χ2v) is 6.31. The molecule has 0 saturated heterocycles. The maximum absolute atomic E-state index is 12.2. The molecule has 2 rings (SSSR count). The second kappa shape index (κ2) is 7.66. The zero-order valence-electron chi connectivity index (χ0n) is 12.6. The number of nitrogens with one attached hydrogen (secondary N) is 1. The third kappa shape index (κ3) is 4.49. The first-order valence-corrected chi connectivity index (χ1v) is 8.02. The fraction of sp³-hybridized carbons (Fsp3) is 0.278. The average Bonchev–Trinajstić information content (AvgIpc) is 2.47. The lowest BCUT2D eigenvalue weighted by molar-refractivity contribution is -0.122. The Morgan fingerprint density at radius 2 is 1.77 bits per heavy atom. The van der Waals surface area contributed by atoms with Gasteiger partial charge in [0.15, 0.2) is 0 Å². The van der Waals surface area contributed by atoms with Crippen molar-refractivity contribution in [3.8, 4) is 0 Å². The number of hydrogen-bond acceptors (Lipinski definition) is 1. The Labute approximate surface area is 141 Å². The molecule has 2 nitrogen and oxygen atoms in total. The maximum atomic E-state index is 12.2. The predicted molar refractivity (Wildman–Crippen MR) is 92.5 cm³/mol. The number of halogens is 2. The van der Waals surface area contributed by atoms with E-state index in [0.717, 1.165) is 11.1 Å². The number of carbonyl (C=O) groups is 1. The third-order valence-corrected chi connectivity index (χ3v) is 4.23. The molecule has 0 bridgehead atoms. The highest BCUT2D eigenvalue weighted by Crippen LogP contribution is 2.26. The van der Waals surface area contributed by atoms with Gasteiger partial charge in [-0.2, -0.15) is 0 Å². The van der Waals surface area contributed by atoms with Gasteiger partial charge >= 0.3 is 0 Å². The summed E-state index contributed by atoms with van der Waals surface area (Å²) >= 11 is 12.1. The minimum absolute atomic E-state index is 0.00914. The summed E-state index contributed by atoms with van der Waals surface area (Å²) in [7, 11) is 0. The van der Waals surface area contributed by atoms with E-state index in [-0.39, 0.29) is 17.9 Å². The Morgan fingerprint density at radius 1 is 1.09 bits per heavy atom. The normalized spacial score (nSPS) is 13.5. The van der Waals surface area contributed by atoms with E-state index in [1.807, 2.05) is 43.3 Å². The van der Waals surface area contributed by atoms with Gasteiger partial charge < -0.3 is 5.32 Å². The Bertz CT molecular complexity index is 643. The van der Waals surface area contributed by atoms with E-state index in [2.05, 4.69) is 12.2 Å². The van der Waals surface area contributed by atoms with Crippen LogP contribution in [-0.2, 0) is 4.79 Å². The van der Waals surface area contributed by atoms with Crippen LogP contribution in [0.2, 0.25) is 10.0 Å². The number of hydrogen-bond donors (Lipinski definition) is 1. The number of benzene rings is 2. The van der Waals surface area contributed by atoms with E-state index >= 15 is 0 Å². The quantitative estimate of drug-likeness (QED) is 0.782. The van der Waals surface area contributed by atoms with Gasteiger partial charge in [0.2, 0.25) is 5.91 Å². The minimum atomic E-state index is -0.153. The fourth-order valence-electron chi connectivity index (χ4n) is 2.41. The van der Waals surface area contributed by atoms with Gasteiger partial charge in [-0.25, -0.2) is 0 Å². The molecule has 0 fully saturated rings. The van der Waals surface area contributed by atoms with Crippen LogP contribution in [0.25, 0.3) is 0 Å². The number of carbonyl (C=O) groups excluding carboxylic acids is 1. The van der Waals surface area contributed by atoms with Crippen molar-refractivity contribution in [3.05, 3.63) is 69.7 Å². The van der Waals surface area contributed by atoms with Crippen LogP contribution in [0.1, 0.15) is 43.4 Å².